The van der Waals surface area contributed by atoms with Crippen molar-refractivity contribution in [3.8, 4) is 0 Å². The van der Waals surface area contributed by atoms with Crippen molar-refractivity contribution in [1.29, 1.82) is 0 Å². The molecular formula is C8H20N2O3Si. The molecule has 0 aromatic heterocycles. The zero-order valence-electron chi connectivity index (χ0n) is 9.08. The molecule has 1 rings (SSSR count). The Labute approximate surface area is 86.3 Å². The summed E-state index contributed by atoms with van der Waals surface area (Å²) in [5, 5.41) is 3.23. The van der Waals surface area contributed by atoms with Crippen LogP contribution in [-0.4, -0.2) is 48.4 Å². The molecule has 0 aliphatic carbocycles. The van der Waals surface area contributed by atoms with E-state index in [2.05, 4.69) is 5.32 Å². The molecule has 0 amide bonds. The predicted molar refractivity (Wildman–Crippen MR) is 55.8 cm³/mol. The van der Waals surface area contributed by atoms with Crippen molar-refractivity contribution in [3.63, 3.8) is 0 Å². The fourth-order valence-electron chi connectivity index (χ4n) is 1.55. The highest BCUT2D eigenvalue weighted by molar-refractivity contribution is 6.62. The molecule has 0 bridgehead atoms. The van der Waals surface area contributed by atoms with Crippen LogP contribution < -0.4 is 11.1 Å². The van der Waals surface area contributed by atoms with Gasteiger partial charge in [0.1, 0.15) is 0 Å². The van der Waals surface area contributed by atoms with Crippen molar-refractivity contribution in [3.05, 3.63) is 0 Å². The Bertz CT molecular complexity index is 166. The monoisotopic (exact) mass is 220 g/mol. The number of rotatable bonds is 7. The maximum Gasteiger partial charge on any atom is 0.517 e. The predicted octanol–water partition coefficient (Wildman–Crippen LogP) is -0.517. The quantitative estimate of drug-likeness (QED) is 0.446. The highest BCUT2D eigenvalue weighted by atomic mass is 28.4. The second kappa shape index (κ2) is 5.20. The van der Waals surface area contributed by atoms with E-state index in [0.29, 0.717) is 6.04 Å². The summed E-state index contributed by atoms with van der Waals surface area (Å²) in [5.41, 5.74) is 5.89. The van der Waals surface area contributed by atoms with Gasteiger partial charge in [0.15, 0.2) is 0 Å². The molecule has 0 radical (unpaired) electrons. The van der Waals surface area contributed by atoms with E-state index in [9.17, 15) is 0 Å². The molecule has 0 spiro atoms. The lowest BCUT2D eigenvalue weighted by Crippen LogP contribution is -2.58. The van der Waals surface area contributed by atoms with Crippen LogP contribution in [0.2, 0.25) is 0 Å². The summed E-state index contributed by atoms with van der Waals surface area (Å²) in [6.07, 6.45) is 1.94. The van der Waals surface area contributed by atoms with E-state index in [-0.39, 0.29) is 5.67 Å². The van der Waals surface area contributed by atoms with Gasteiger partial charge in [-0.25, -0.2) is 0 Å². The number of nitrogens with two attached hydrogens (primary N) is 1. The minimum atomic E-state index is -2.61. The molecule has 0 saturated carbocycles. The summed E-state index contributed by atoms with van der Waals surface area (Å²) >= 11 is 0. The Morgan fingerprint density at radius 1 is 1.36 bits per heavy atom. The van der Waals surface area contributed by atoms with Crippen LogP contribution >= 0.6 is 0 Å². The van der Waals surface area contributed by atoms with Gasteiger partial charge in [-0.1, -0.05) is 0 Å². The van der Waals surface area contributed by atoms with Crippen LogP contribution in [0.5, 0.6) is 0 Å². The summed E-state index contributed by atoms with van der Waals surface area (Å²) in [7, 11) is 2.17. The second-order valence-corrected chi connectivity index (χ2v) is 6.68. The first-order valence-electron chi connectivity index (χ1n) is 4.83. The molecule has 2 unspecified atom stereocenters. The lowest BCUT2D eigenvalue weighted by molar-refractivity contribution is 0.111. The fourth-order valence-corrected chi connectivity index (χ4v) is 3.48. The van der Waals surface area contributed by atoms with Crippen molar-refractivity contribution in [2.24, 2.45) is 5.73 Å². The van der Waals surface area contributed by atoms with E-state index in [0.717, 1.165) is 19.4 Å². The molecule has 6 heteroatoms. The van der Waals surface area contributed by atoms with Gasteiger partial charge in [-0.05, 0) is 12.8 Å². The van der Waals surface area contributed by atoms with Gasteiger partial charge in [0, 0.05) is 33.9 Å². The average molecular weight is 220 g/mol. The first-order valence-corrected chi connectivity index (χ1v) is 6.63. The smallest absolute Gasteiger partial charge is 0.376 e. The third kappa shape index (κ3) is 2.75. The summed E-state index contributed by atoms with van der Waals surface area (Å²) in [4.78, 5) is 0. The Hall–Kier alpha value is 0.0169. The van der Waals surface area contributed by atoms with Gasteiger partial charge in [-0.2, -0.15) is 0 Å². The van der Waals surface area contributed by atoms with Crippen molar-refractivity contribution in [2.45, 2.75) is 24.5 Å². The van der Waals surface area contributed by atoms with Gasteiger partial charge in [0.05, 0.1) is 5.67 Å². The van der Waals surface area contributed by atoms with Gasteiger partial charge in [-0.3, -0.25) is 0 Å². The maximum atomic E-state index is 6.02. The SMILES string of the molecule is CO[Si](OC)(OC)C(N)CCC1CN1. The Balaban J connectivity index is 2.39. The largest absolute Gasteiger partial charge is 0.517 e. The van der Waals surface area contributed by atoms with E-state index >= 15 is 0 Å². The molecule has 3 N–H and O–H groups in total. The van der Waals surface area contributed by atoms with Crippen LogP contribution in [0, 0.1) is 0 Å². The zero-order valence-corrected chi connectivity index (χ0v) is 10.1. The van der Waals surface area contributed by atoms with Crippen LogP contribution in [-0.2, 0) is 13.3 Å². The summed E-state index contributed by atoms with van der Waals surface area (Å²) < 4.78 is 15.9. The Morgan fingerprint density at radius 2 is 1.86 bits per heavy atom. The van der Waals surface area contributed by atoms with Crippen LogP contribution in [0.1, 0.15) is 12.8 Å². The lowest BCUT2D eigenvalue weighted by Gasteiger charge is -2.29. The van der Waals surface area contributed by atoms with Gasteiger partial charge in [0.25, 0.3) is 0 Å². The minimum absolute atomic E-state index is 0.134. The highest BCUT2D eigenvalue weighted by Gasteiger charge is 2.45. The molecule has 2 atom stereocenters. The lowest BCUT2D eigenvalue weighted by atomic mass is 10.2. The highest BCUT2D eigenvalue weighted by Crippen LogP contribution is 2.16. The van der Waals surface area contributed by atoms with Gasteiger partial charge in [-0.15, -0.1) is 0 Å². The summed E-state index contributed by atoms with van der Waals surface area (Å²) in [5.74, 6) is 0. The Morgan fingerprint density at radius 3 is 2.21 bits per heavy atom. The van der Waals surface area contributed by atoms with E-state index < -0.39 is 8.80 Å². The van der Waals surface area contributed by atoms with Crippen molar-refractivity contribution >= 4 is 8.80 Å². The van der Waals surface area contributed by atoms with E-state index in [4.69, 9.17) is 19.0 Å². The van der Waals surface area contributed by atoms with E-state index in [1.807, 2.05) is 0 Å². The van der Waals surface area contributed by atoms with Crippen LogP contribution in [0.15, 0.2) is 0 Å². The number of hydrogen-bond donors (Lipinski definition) is 2. The molecule has 1 aliphatic heterocycles. The Kier molecular flexibility index (Phi) is 4.49. The standard InChI is InChI=1S/C8H20N2O3Si/c1-11-14(12-2,13-3)8(9)5-4-7-6-10-7/h7-8,10H,4-6,9H2,1-3H3. The third-order valence-corrected chi connectivity index (χ3v) is 5.53. The normalized spacial score (nSPS) is 23.6. The van der Waals surface area contributed by atoms with Crippen molar-refractivity contribution < 1.29 is 13.3 Å². The first-order chi connectivity index (χ1) is 6.68. The summed E-state index contributed by atoms with van der Waals surface area (Å²) in [6, 6.07) is 0.637. The molecule has 1 saturated heterocycles. The van der Waals surface area contributed by atoms with E-state index in [1.54, 1.807) is 21.3 Å². The number of nitrogens with one attached hydrogen (secondary N) is 1. The van der Waals surface area contributed by atoms with Crippen LogP contribution in [0.3, 0.4) is 0 Å². The molecule has 5 nitrogen and oxygen atoms in total. The first kappa shape index (κ1) is 12.1. The third-order valence-electron chi connectivity index (χ3n) is 2.63. The topological polar surface area (TPSA) is 75.7 Å². The molecule has 14 heavy (non-hydrogen) atoms. The van der Waals surface area contributed by atoms with E-state index in [1.165, 1.54) is 0 Å². The molecule has 1 fully saturated rings. The molecule has 0 aromatic carbocycles. The van der Waals surface area contributed by atoms with Gasteiger partial charge >= 0.3 is 8.80 Å². The maximum absolute atomic E-state index is 6.02. The second-order valence-electron chi connectivity index (χ2n) is 3.50. The van der Waals surface area contributed by atoms with Crippen molar-refractivity contribution in [1.82, 2.24) is 5.32 Å². The van der Waals surface area contributed by atoms with Gasteiger partial charge in [0.2, 0.25) is 0 Å². The van der Waals surface area contributed by atoms with Crippen molar-refractivity contribution in [2.75, 3.05) is 27.9 Å². The fraction of sp³-hybridized carbons (Fsp3) is 1.00. The number of hydrogen-bond acceptors (Lipinski definition) is 5. The molecule has 1 aliphatic rings. The molecule has 1 heterocycles. The molecule has 84 valence electrons. The van der Waals surface area contributed by atoms with Crippen LogP contribution in [0.25, 0.3) is 0 Å². The minimum Gasteiger partial charge on any atom is -0.376 e. The average Bonchev–Trinajstić information content (AvgIpc) is 3.02. The zero-order chi connectivity index (χ0) is 10.6. The van der Waals surface area contributed by atoms with Crippen LogP contribution in [0.4, 0.5) is 0 Å². The molecule has 0 aromatic rings. The van der Waals surface area contributed by atoms with Gasteiger partial charge < -0.3 is 24.3 Å². The molecular weight excluding hydrogens is 200 g/mol. The summed E-state index contributed by atoms with van der Waals surface area (Å²) in [6.45, 7) is 1.11.